The molecule has 1 amide bonds. The Balaban J connectivity index is 1.47. The van der Waals surface area contributed by atoms with Crippen molar-refractivity contribution in [2.75, 3.05) is 18.4 Å². The minimum atomic E-state index is -0.672. The number of ether oxygens (including phenoxy) is 1. The van der Waals surface area contributed by atoms with Crippen LogP contribution in [0.15, 0.2) is 48.9 Å². The van der Waals surface area contributed by atoms with Crippen molar-refractivity contribution >= 4 is 46.0 Å². The molecule has 5 rings (SSSR count). The molecule has 1 aliphatic rings. The maximum Gasteiger partial charge on any atom is 0.419 e. The van der Waals surface area contributed by atoms with Crippen LogP contribution in [0.3, 0.4) is 0 Å². The van der Waals surface area contributed by atoms with Crippen molar-refractivity contribution in [1.29, 1.82) is 0 Å². The highest BCUT2D eigenvalue weighted by Crippen LogP contribution is 2.32. The van der Waals surface area contributed by atoms with E-state index in [9.17, 15) is 9.59 Å². The number of rotatable bonds is 4. The first-order valence-electron chi connectivity index (χ1n) is 12.7. The molecule has 0 radical (unpaired) electrons. The molecule has 3 aromatic heterocycles. The van der Waals surface area contributed by atoms with E-state index in [1.807, 2.05) is 45.0 Å². The Hall–Kier alpha value is -3.85. The summed E-state index contributed by atoms with van der Waals surface area (Å²) in [6, 6.07) is 8.90. The normalized spacial score (nSPS) is 14.1. The van der Waals surface area contributed by atoms with Crippen LogP contribution >= 0.6 is 11.6 Å². The van der Waals surface area contributed by atoms with E-state index in [0.29, 0.717) is 33.3 Å². The lowest BCUT2D eigenvalue weighted by Gasteiger charge is -2.26. The van der Waals surface area contributed by atoms with Gasteiger partial charge in [0.15, 0.2) is 0 Å². The number of benzene rings is 1. The van der Waals surface area contributed by atoms with Gasteiger partial charge in [-0.1, -0.05) is 11.6 Å². The zero-order valence-corrected chi connectivity index (χ0v) is 22.7. The number of pyridine rings is 1. The van der Waals surface area contributed by atoms with Crippen LogP contribution in [0.1, 0.15) is 50.4 Å². The van der Waals surface area contributed by atoms with Crippen LogP contribution in [-0.4, -0.2) is 54.9 Å². The second-order valence-electron chi connectivity index (χ2n) is 10.5. The zero-order valence-electron chi connectivity index (χ0n) is 22.0. The molecule has 1 aromatic carbocycles. The first-order chi connectivity index (χ1) is 18.1. The van der Waals surface area contributed by atoms with Crippen LogP contribution in [0.5, 0.6) is 0 Å². The lowest BCUT2D eigenvalue weighted by Crippen LogP contribution is -2.35. The summed E-state index contributed by atoms with van der Waals surface area (Å²) < 4.78 is 8.94. The van der Waals surface area contributed by atoms with E-state index in [-0.39, 0.29) is 5.91 Å². The van der Waals surface area contributed by atoms with Gasteiger partial charge in [-0.2, -0.15) is 5.10 Å². The number of piperidine rings is 1. The quantitative estimate of drug-likeness (QED) is 0.333. The van der Waals surface area contributed by atoms with Crippen LogP contribution in [0, 0.1) is 0 Å². The van der Waals surface area contributed by atoms with E-state index < -0.39 is 11.7 Å². The smallest absolute Gasteiger partial charge is 0.419 e. The predicted octanol–water partition coefficient (Wildman–Crippen LogP) is 6.24. The zero-order chi connectivity index (χ0) is 27.0. The second kappa shape index (κ2) is 10.1. The van der Waals surface area contributed by atoms with Gasteiger partial charge in [0.2, 0.25) is 0 Å². The molecular weight excluding hydrogens is 504 g/mol. The number of aryl methyl sites for hydroxylation is 1. The summed E-state index contributed by atoms with van der Waals surface area (Å²) in [7, 11) is 1.82. The number of amides is 1. The number of anilines is 2. The number of nitrogens with one attached hydrogen (secondary N) is 1. The first-order valence-corrected chi connectivity index (χ1v) is 13.1. The summed E-state index contributed by atoms with van der Waals surface area (Å²) in [6.45, 7) is 7.04. The van der Waals surface area contributed by atoms with Crippen LogP contribution in [0.2, 0.25) is 5.02 Å². The van der Waals surface area contributed by atoms with Crippen molar-refractivity contribution in [3.8, 4) is 11.3 Å². The number of aromatic nitrogens is 4. The van der Waals surface area contributed by atoms with Crippen LogP contribution in [0.4, 0.5) is 16.3 Å². The largest absolute Gasteiger partial charge is 0.443 e. The molecule has 38 heavy (non-hydrogen) atoms. The van der Waals surface area contributed by atoms with Gasteiger partial charge in [-0.05, 0) is 64.3 Å². The summed E-state index contributed by atoms with van der Waals surface area (Å²) in [5.74, 6) is 0.492. The van der Waals surface area contributed by atoms with Crippen LogP contribution in [-0.2, 0) is 11.8 Å². The molecule has 1 fully saturated rings. The molecule has 0 unspecified atom stereocenters. The van der Waals surface area contributed by atoms with Gasteiger partial charge in [-0.3, -0.25) is 9.48 Å². The fraction of sp³-hybridized carbons (Fsp3) is 0.357. The van der Waals surface area contributed by atoms with Gasteiger partial charge in [0.05, 0.1) is 28.1 Å². The molecular formula is C28H31ClN6O3. The van der Waals surface area contributed by atoms with E-state index in [0.717, 1.165) is 43.3 Å². The number of nitrogens with zero attached hydrogens (tertiary/aromatic N) is 5. The van der Waals surface area contributed by atoms with Crippen molar-refractivity contribution in [3.63, 3.8) is 0 Å². The molecule has 9 nitrogen and oxygen atoms in total. The monoisotopic (exact) mass is 534 g/mol. The molecule has 198 valence electrons. The second-order valence-corrected chi connectivity index (χ2v) is 11.0. The maximum absolute atomic E-state index is 13.3. The fourth-order valence-corrected chi connectivity index (χ4v) is 4.84. The Morgan fingerprint density at radius 1 is 1.05 bits per heavy atom. The van der Waals surface area contributed by atoms with Crippen molar-refractivity contribution in [1.82, 2.24) is 24.2 Å². The predicted molar refractivity (Wildman–Crippen MR) is 148 cm³/mol. The molecule has 10 heteroatoms. The standard InChI is InChI=1S/C28H31ClN6O3/c1-28(2,3)38-27(37)35-23(20-16-31-33(4)17-20)13-19-15-30-25(14-24(19)35)32-22-9-8-18(12-21(22)29)26(36)34-10-6-5-7-11-34/h8-9,12-17H,5-7,10-11H2,1-4H3,(H,30,32). The van der Waals surface area contributed by atoms with Gasteiger partial charge < -0.3 is 15.0 Å². The lowest BCUT2D eigenvalue weighted by molar-refractivity contribution is 0.0547. The van der Waals surface area contributed by atoms with Gasteiger partial charge in [-0.15, -0.1) is 0 Å². The van der Waals surface area contributed by atoms with Gasteiger partial charge in [-0.25, -0.2) is 14.3 Å². The number of carbonyl (C=O) groups excluding carboxylic acids is 2. The van der Waals surface area contributed by atoms with Crippen molar-refractivity contribution in [2.24, 2.45) is 7.05 Å². The van der Waals surface area contributed by atoms with Crippen molar-refractivity contribution in [3.05, 3.63) is 59.5 Å². The van der Waals surface area contributed by atoms with Gasteiger partial charge in [0, 0.05) is 55.1 Å². The van der Waals surface area contributed by atoms with Crippen LogP contribution < -0.4 is 5.32 Å². The molecule has 1 N–H and O–H groups in total. The highest BCUT2D eigenvalue weighted by atomic mass is 35.5. The first kappa shape index (κ1) is 25.8. The van der Waals surface area contributed by atoms with E-state index in [4.69, 9.17) is 16.3 Å². The summed E-state index contributed by atoms with van der Waals surface area (Å²) in [6.07, 6.45) is 7.96. The Bertz CT molecular complexity index is 1510. The number of likely N-dealkylation sites (tertiary alicyclic amines) is 1. The lowest BCUT2D eigenvalue weighted by atomic mass is 10.1. The minimum Gasteiger partial charge on any atom is -0.443 e. The highest BCUT2D eigenvalue weighted by Gasteiger charge is 2.24. The topological polar surface area (TPSA) is 94.3 Å². The number of halogens is 1. The molecule has 0 bridgehead atoms. The van der Waals surface area contributed by atoms with E-state index in [1.165, 1.54) is 4.57 Å². The van der Waals surface area contributed by atoms with Crippen LogP contribution in [0.25, 0.3) is 22.2 Å². The molecule has 4 aromatic rings. The Morgan fingerprint density at radius 2 is 1.82 bits per heavy atom. The molecule has 0 saturated carbocycles. The third kappa shape index (κ3) is 5.38. The summed E-state index contributed by atoms with van der Waals surface area (Å²) >= 11 is 6.57. The molecule has 0 aliphatic carbocycles. The average molecular weight is 535 g/mol. The van der Waals surface area contributed by atoms with E-state index in [1.54, 1.807) is 41.3 Å². The average Bonchev–Trinajstić information content (AvgIpc) is 3.47. The maximum atomic E-state index is 13.3. The van der Waals surface area contributed by atoms with Gasteiger partial charge in [0.25, 0.3) is 5.91 Å². The van der Waals surface area contributed by atoms with Gasteiger partial charge in [0.1, 0.15) is 11.4 Å². The molecule has 1 saturated heterocycles. The molecule has 0 atom stereocenters. The van der Waals surface area contributed by atoms with Crippen molar-refractivity contribution < 1.29 is 14.3 Å². The summed E-state index contributed by atoms with van der Waals surface area (Å²) in [5.41, 5.74) is 2.56. The van der Waals surface area contributed by atoms with E-state index >= 15 is 0 Å². The third-order valence-corrected chi connectivity index (χ3v) is 6.70. The number of fused-ring (bicyclic) bond motifs is 1. The molecule has 0 spiro atoms. The molecule has 1 aliphatic heterocycles. The summed E-state index contributed by atoms with van der Waals surface area (Å²) in [4.78, 5) is 32.6. The third-order valence-electron chi connectivity index (χ3n) is 6.38. The highest BCUT2D eigenvalue weighted by molar-refractivity contribution is 6.33. The van der Waals surface area contributed by atoms with Gasteiger partial charge >= 0.3 is 6.09 Å². The van der Waals surface area contributed by atoms with E-state index in [2.05, 4.69) is 15.4 Å². The molecule has 4 heterocycles. The van der Waals surface area contributed by atoms with Crippen molar-refractivity contribution in [2.45, 2.75) is 45.6 Å². The Morgan fingerprint density at radius 3 is 2.47 bits per heavy atom. The number of carbonyl (C=O) groups is 2. The number of hydrogen-bond donors (Lipinski definition) is 1. The Kier molecular flexibility index (Phi) is 6.88. The fourth-order valence-electron chi connectivity index (χ4n) is 4.61. The summed E-state index contributed by atoms with van der Waals surface area (Å²) in [5, 5.41) is 8.66. The minimum absolute atomic E-state index is 0.00388. The Labute approximate surface area is 226 Å². The SMILES string of the molecule is Cn1cc(-c2cc3cnc(Nc4ccc(C(=O)N5CCCCC5)cc4Cl)cc3n2C(=O)OC(C)(C)C)cn1. The number of hydrogen-bond acceptors (Lipinski definition) is 6.